The number of hydrogen-bond donors (Lipinski definition) is 2. The summed E-state index contributed by atoms with van der Waals surface area (Å²) in [7, 11) is 0. The number of hydrogen-bond acceptors (Lipinski definition) is 3. The van der Waals surface area contributed by atoms with E-state index >= 15 is 0 Å². The number of carbonyl (C=O) groups is 2. The Morgan fingerprint density at radius 1 is 0.862 bits per heavy atom. The Bertz CT molecular complexity index is 1100. The second kappa shape index (κ2) is 7.55. The van der Waals surface area contributed by atoms with Crippen LogP contribution in [0.3, 0.4) is 0 Å². The van der Waals surface area contributed by atoms with Crippen molar-refractivity contribution < 1.29 is 14.0 Å². The highest BCUT2D eigenvalue weighted by Crippen LogP contribution is 2.18. The van der Waals surface area contributed by atoms with E-state index in [2.05, 4.69) is 15.6 Å². The fraction of sp³-hybridized carbons (Fsp3) is 0.0455. The van der Waals surface area contributed by atoms with Gasteiger partial charge in [-0.05, 0) is 55.5 Å². The van der Waals surface area contributed by atoms with Crippen molar-refractivity contribution >= 4 is 28.7 Å². The van der Waals surface area contributed by atoms with E-state index in [0.717, 1.165) is 5.56 Å². The Hall–Kier alpha value is -4.00. The quantitative estimate of drug-likeness (QED) is 0.548. The molecule has 4 rings (SSSR count). The minimum atomic E-state index is -0.491. The number of nitrogens with zero attached hydrogens (tertiary/aromatic N) is 2. The van der Waals surface area contributed by atoms with Crippen molar-refractivity contribution in [2.75, 3.05) is 10.6 Å². The molecule has 7 heteroatoms. The molecule has 2 amide bonds. The van der Waals surface area contributed by atoms with Crippen molar-refractivity contribution in [1.82, 2.24) is 9.38 Å². The van der Waals surface area contributed by atoms with Crippen LogP contribution in [-0.4, -0.2) is 21.2 Å². The van der Waals surface area contributed by atoms with Crippen LogP contribution in [0.4, 0.5) is 15.8 Å². The van der Waals surface area contributed by atoms with Crippen molar-refractivity contribution in [3.05, 3.63) is 95.8 Å². The number of fused-ring (bicyclic) bond motifs is 1. The smallest absolute Gasteiger partial charge is 0.292 e. The second-order valence-electron chi connectivity index (χ2n) is 6.52. The van der Waals surface area contributed by atoms with Gasteiger partial charge in [-0.25, -0.2) is 9.37 Å². The number of pyridine rings is 1. The van der Waals surface area contributed by atoms with Crippen molar-refractivity contribution in [3.63, 3.8) is 0 Å². The van der Waals surface area contributed by atoms with E-state index in [-0.39, 0.29) is 11.5 Å². The van der Waals surface area contributed by atoms with E-state index in [1.165, 1.54) is 24.3 Å². The summed E-state index contributed by atoms with van der Waals surface area (Å²) in [5, 5.41) is 5.46. The molecular formula is C22H17FN4O2. The molecule has 29 heavy (non-hydrogen) atoms. The van der Waals surface area contributed by atoms with Gasteiger partial charge in [0.1, 0.15) is 5.82 Å². The second-order valence-corrected chi connectivity index (χ2v) is 6.52. The van der Waals surface area contributed by atoms with Gasteiger partial charge in [-0.3, -0.25) is 14.0 Å². The average molecular weight is 388 g/mol. The Labute approximate surface area is 166 Å². The zero-order valence-corrected chi connectivity index (χ0v) is 15.5. The normalized spacial score (nSPS) is 10.7. The zero-order valence-electron chi connectivity index (χ0n) is 15.5. The minimum absolute atomic E-state index is 0.0884. The fourth-order valence-electron chi connectivity index (χ4n) is 2.91. The molecule has 0 saturated heterocycles. The molecule has 6 nitrogen and oxygen atoms in total. The number of aryl methyl sites for hydroxylation is 1. The lowest BCUT2D eigenvalue weighted by Crippen LogP contribution is -2.16. The number of benzene rings is 2. The van der Waals surface area contributed by atoms with E-state index < -0.39 is 17.6 Å². The summed E-state index contributed by atoms with van der Waals surface area (Å²) in [4.78, 5) is 29.8. The molecule has 0 aliphatic heterocycles. The highest BCUT2D eigenvalue weighted by Gasteiger charge is 2.21. The van der Waals surface area contributed by atoms with E-state index in [0.29, 0.717) is 16.9 Å². The minimum Gasteiger partial charge on any atom is -0.321 e. The lowest BCUT2D eigenvalue weighted by atomic mass is 10.2. The van der Waals surface area contributed by atoms with Crippen LogP contribution in [0.5, 0.6) is 0 Å². The Morgan fingerprint density at radius 2 is 1.48 bits per heavy atom. The van der Waals surface area contributed by atoms with Gasteiger partial charge in [0.05, 0.1) is 5.52 Å². The number of nitrogens with one attached hydrogen (secondary N) is 2. The summed E-state index contributed by atoms with van der Waals surface area (Å²) in [6, 6.07) is 18.0. The first kappa shape index (κ1) is 18.4. The van der Waals surface area contributed by atoms with Crippen LogP contribution in [0.25, 0.3) is 5.52 Å². The molecule has 2 aromatic carbocycles. The van der Waals surface area contributed by atoms with Gasteiger partial charge in [-0.15, -0.1) is 0 Å². The fourth-order valence-corrected chi connectivity index (χ4v) is 2.91. The predicted molar refractivity (Wildman–Crippen MR) is 109 cm³/mol. The van der Waals surface area contributed by atoms with Gasteiger partial charge in [0.25, 0.3) is 11.8 Å². The van der Waals surface area contributed by atoms with Gasteiger partial charge >= 0.3 is 0 Å². The molecule has 0 unspecified atom stereocenters. The van der Waals surface area contributed by atoms with E-state index in [1.807, 2.05) is 19.1 Å². The van der Waals surface area contributed by atoms with E-state index in [4.69, 9.17) is 0 Å². The molecule has 4 aromatic rings. The largest absolute Gasteiger partial charge is 0.321 e. The van der Waals surface area contributed by atoms with Crippen molar-refractivity contribution in [1.29, 1.82) is 0 Å². The van der Waals surface area contributed by atoms with Crippen LogP contribution < -0.4 is 10.6 Å². The summed E-state index contributed by atoms with van der Waals surface area (Å²) in [5.41, 5.74) is 2.73. The van der Waals surface area contributed by atoms with Crippen LogP contribution in [0, 0.1) is 12.7 Å². The standard InChI is InChI=1S/C22H17FN4O2/c1-14-5-9-16(10-6-14)25-22(29)20-26-19(18-4-2-3-13-27(18)20)21(28)24-17-11-7-15(23)8-12-17/h2-13H,1H3,(H,24,28)(H,25,29). The van der Waals surface area contributed by atoms with Crippen molar-refractivity contribution in [2.45, 2.75) is 6.92 Å². The third-order valence-corrected chi connectivity index (χ3v) is 4.38. The monoisotopic (exact) mass is 388 g/mol. The zero-order chi connectivity index (χ0) is 20.4. The number of aromatic nitrogens is 2. The van der Waals surface area contributed by atoms with E-state index in [1.54, 1.807) is 40.9 Å². The molecule has 0 radical (unpaired) electrons. The van der Waals surface area contributed by atoms with Crippen LogP contribution in [0.15, 0.2) is 72.9 Å². The number of rotatable bonds is 4. The van der Waals surface area contributed by atoms with Gasteiger partial charge in [0.15, 0.2) is 5.69 Å². The number of imidazole rings is 1. The van der Waals surface area contributed by atoms with Crippen molar-refractivity contribution in [3.8, 4) is 0 Å². The topological polar surface area (TPSA) is 75.5 Å². The summed E-state index contributed by atoms with van der Waals surface area (Å²) < 4.78 is 14.6. The first-order valence-corrected chi connectivity index (χ1v) is 8.93. The predicted octanol–water partition coefficient (Wildman–Crippen LogP) is 4.29. The lowest BCUT2D eigenvalue weighted by Gasteiger charge is -2.04. The van der Waals surface area contributed by atoms with Gasteiger partial charge in [0, 0.05) is 17.6 Å². The molecule has 0 fully saturated rings. The highest BCUT2D eigenvalue weighted by molar-refractivity contribution is 6.10. The van der Waals surface area contributed by atoms with Gasteiger partial charge in [0.2, 0.25) is 5.82 Å². The first-order chi connectivity index (χ1) is 14.0. The summed E-state index contributed by atoms with van der Waals surface area (Å²) in [5.74, 6) is -1.23. The summed E-state index contributed by atoms with van der Waals surface area (Å²) in [6.45, 7) is 1.96. The Morgan fingerprint density at radius 3 is 2.17 bits per heavy atom. The van der Waals surface area contributed by atoms with Crippen LogP contribution in [-0.2, 0) is 0 Å². The van der Waals surface area contributed by atoms with Crippen LogP contribution in [0.2, 0.25) is 0 Å². The lowest BCUT2D eigenvalue weighted by molar-refractivity contribution is 0.101. The van der Waals surface area contributed by atoms with Crippen molar-refractivity contribution in [2.24, 2.45) is 0 Å². The number of amides is 2. The molecule has 0 bridgehead atoms. The molecule has 2 aromatic heterocycles. The SMILES string of the molecule is Cc1ccc(NC(=O)c2nc(C(=O)Nc3ccc(F)cc3)c3ccccn23)cc1. The van der Waals surface area contributed by atoms with Gasteiger partial charge in [-0.1, -0.05) is 23.8 Å². The number of anilines is 2. The Kier molecular flexibility index (Phi) is 4.78. The molecule has 0 aliphatic rings. The highest BCUT2D eigenvalue weighted by atomic mass is 19.1. The number of carbonyl (C=O) groups excluding carboxylic acids is 2. The van der Waals surface area contributed by atoms with Gasteiger partial charge < -0.3 is 10.6 Å². The maximum atomic E-state index is 13.1. The van der Waals surface area contributed by atoms with Gasteiger partial charge in [-0.2, -0.15) is 0 Å². The maximum Gasteiger partial charge on any atom is 0.292 e. The molecule has 2 heterocycles. The molecule has 0 atom stereocenters. The molecule has 2 N–H and O–H groups in total. The Balaban J connectivity index is 1.65. The van der Waals surface area contributed by atoms with E-state index in [9.17, 15) is 14.0 Å². The molecular weight excluding hydrogens is 371 g/mol. The molecule has 0 spiro atoms. The average Bonchev–Trinajstić information content (AvgIpc) is 3.11. The molecule has 0 saturated carbocycles. The third kappa shape index (κ3) is 3.84. The van der Waals surface area contributed by atoms with Crippen LogP contribution in [0.1, 0.15) is 26.7 Å². The molecule has 0 aliphatic carbocycles. The summed E-state index contributed by atoms with van der Waals surface area (Å²) >= 11 is 0. The maximum absolute atomic E-state index is 13.1. The molecule has 144 valence electrons. The first-order valence-electron chi connectivity index (χ1n) is 8.93. The summed E-state index contributed by atoms with van der Waals surface area (Å²) in [6.07, 6.45) is 1.67. The van der Waals surface area contributed by atoms with Crippen LogP contribution >= 0.6 is 0 Å². The number of halogens is 1. The third-order valence-electron chi connectivity index (χ3n) is 4.38.